The van der Waals surface area contributed by atoms with Crippen LogP contribution in [-0.2, 0) is 6.61 Å². The quantitative estimate of drug-likeness (QED) is 0.352. The van der Waals surface area contributed by atoms with Crippen molar-refractivity contribution < 1.29 is 4.74 Å². The van der Waals surface area contributed by atoms with Crippen LogP contribution in [0.5, 0.6) is 5.75 Å². The summed E-state index contributed by atoms with van der Waals surface area (Å²) in [7, 11) is 0. The molecule has 0 saturated carbocycles. The van der Waals surface area contributed by atoms with Gasteiger partial charge in [-0.3, -0.25) is 0 Å². The molecule has 4 aromatic carbocycles. The zero-order chi connectivity index (χ0) is 17.9. The van der Waals surface area contributed by atoms with E-state index in [9.17, 15) is 0 Å². The van der Waals surface area contributed by atoms with Crippen LogP contribution in [0.4, 0.5) is 0 Å². The summed E-state index contributed by atoms with van der Waals surface area (Å²) in [4.78, 5) is 0. The largest absolute Gasteiger partial charge is 0.489 e. The van der Waals surface area contributed by atoms with E-state index >= 15 is 0 Å². The molecule has 0 radical (unpaired) electrons. The fourth-order valence-electron chi connectivity index (χ4n) is 3.57. The number of ether oxygens (including phenoxy) is 1. The summed E-state index contributed by atoms with van der Waals surface area (Å²) in [5.74, 6) is 1.50. The number of fused-ring (bicyclic) bond motifs is 2. The van der Waals surface area contributed by atoms with Crippen molar-refractivity contribution in [3.63, 3.8) is 0 Å². The summed E-state index contributed by atoms with van der Waals surface area (Å²) in [5, 5.41) is 5.06. The average Bonchev–Trinajstić information content (AvgIpc) is 2.70. The van der Waals surface area contributed by atoms with Crippen LogP contribution in [0.3, 0.4) is 0 Å². The SMILES string of the molecule is CCC(C)c1cccc(OCc2c3ccccc3cc3ccccc23)c1. The van der Waals surface area contributed by atoms with Crippen LogP contribution < -0.4 is 4.74 Å². The number of benzene rings is 4. The van der Waals surface area contributed by atoms with Gasteiger partial charge in [0, 0.05) is 5.56 Å². The van der Waals surface area contributed by atoms with Crippen molar-refractivity contribution in [1.29, 1.82) is 0 Å². The molecule has 0 aromatic heterocycles. The van der Waals surface area contributed by atoms with Gasteiger partial charge in [0.05, 0.1) is 0 Å². The van der Waals surface area contributed by atoms with E-state index in [1.807, 2.05) is 0 Å². The Hall–Kier alpha value is -2.80. The van der Waals surface area contributed by atoms with E-state index < -0.39 is 0 Å². The molecule has 0 spiro atoms. The zero-order valence-corrected chi connectivity index (χ0v) is 15.4. The zero-order valence-electron chi connectivity index (χ0n) is 15.4. The van der Waals surface area contributed by atoms with Crippen molar-refractivity contribution in [2.45, 2.75) is 32.8 Å². The maximum Gasteiger partial charge on any atom is 0.120 e. The van der Waals surface area contributed by atoms with Gasteiger partial charge in [0.25, 0.3) is 0 Å². The third-order valence-electron chi connectivity index (χ3n) is 5.31. The Morgan fingerprint density at radius 1 is 0.769 bits per heavy atom. The van der Waals surface area contributed by atoms with Crippen LogP contribution in [0.25, 0.3) is 21.5 Å². The first-order chi connectivity index (χ1) is 12.8. The predicted octanol–water partition coefficient (Wildman–Crippen LogP) is 7.09. The van der Waals surface area contributed by atoms with Crippen LogP contribution in [0, 0.1) is 0 Å². The fraction of sp³-hybridized carbons (Fsp3) is 0.200. The standard InChI is InChI=1S/C25H24O/c1-3-18(2)19-11-8-12-22(16-19)26-17-25-23-13-6-4-9-20(23)15-21-10-5-7-14-24(21)25/h4-16,18H,3,17H2,1-2H3. The summed E-state index contributed by atoms with van der Waals surface area (Å²) in [6.07, 6.45) is 1.14. The molecular formula is C25H24O. The normalized spacial score (nSPS) is 12.4. The molecule has 0 amide bonds. The molecule has 0 aliphatic rings. The number of rotatable bonds is 5. The summed E-state index contributed by atoms with van der Waals surface area (Å²) in [6.45, 7) is 5.06. The third kappa shape index (κ3) is 3.17. The summed E-state index contributed by atoms with van der Waals surface area (Å²) >= 11 is 0. The first-order valence-corrected chi connectivity index (χ1v) is 9.38. The first kappa shape index (κ1) is 16.7. The fourth-order valence-corrected chi connectivity index (χ4v) is 3.57. The smallest absolute Gasteiger partial charge is 0.120 e. The van der Waals surface area contributed by atoms with Gasteiger partial charge in [-0.25, -0.2) is 0 Å². The summed E-state index contributed by atoms with van der Waals surface area (Å²) in [5.41, 5.74) is 2.60. The Morgan fingerprint density at radius 2 is 1.42 bits per heavy atom. The number of hydrogen-bond donors (Lipinski definition) is 0. The lowest BCUT2D eigenvalue weighted by molar-refractivity contribution is 0.308. The highest BCUT2D eigenvalue weighted by Crippen LogP contribution is 2.30. The van der Waals surface area contributed by atoms with E-state index in [0.717, 1.165) is 12.2 Å². The molecule has 0 bridgehead atoms. The van der Waals surface area contributed by atoms with Crippen molar-refractivity contribution in [3.05, 3.63) is 90.0 Å². The van der Waals surface area contributed by atoms with E-state index in [4.69, 9.17) is 4.74 Å². The molecule has 0 aliphatic heterocycles. The Labute approximate surface area is 155 Å². The average molecular weight is 340 g/mol. The topological polar surface area (TPSA) is 9.23 Å². The van der Waals surface area contributed by atoms with Crippen LogP contribution in [-0.4, -0.2) is 0 Å². The lowest BCUT2D eigenvalue weighted by Gasteiger charge is -2.15. The molecule has 4 rings (SSSR count). The minimum atomic E-state index is 0.553. The van der Waals surface area contributed by atoms with Crippen LogP contribution in [0.2, 0.25) is 0 Å². The second-order valence-electron chi connectivity index (χ2n) is 6.97. The Morgan fingerprint density at radius 3 is 2.08 bits per heavy atom. The van der Waals surface area contributed by atoms with Gasteiger partial charge >= 0.3 is 0 Å². The second kappa shape index (κ2) is 7.21. The lowest BCUT2D eigenvalue weighted by atomic mass is 9.97. The van der Waals surface area contributed by atoms with Crippen molar-refractivity contribution in [2.75, 3.05) is 0 Å². The van der Waals surface area contributed by atoms with Gasteiger partial charge < -0.3 is 4.74 Å². The van der Waals surface area contributed by atoms with E-state index in [2.05, 4.69) is 92.7 Å². The molecule has 0 saturated heterocycles. The van der Waals surface area contributed by atoms with E-state index in [1.165, 1.54) is 32.7 Å². The highest BCUT2D eigenvalue weighted by atomic mass is 16.5. The van der Waals surface area contributed by atoms with Gasteiger partial charge in [0.2, 0.25) is 0 Å². The van der Waals surface area contributed by atoms with E-state index in [0.29, 0.717) is 12.5 Å². The van der Waals surface area contributed by atoms with Gasteiger partial charge in [-0.05, 0) is 57.6 Å². The monoisotopic (exact) mass is 340 g/mol. The van der Waals surface area contributed by atoms with Gasteiger partial charge in [-0.2, -0.15) is 0 Å². The molecule has 1 atom stereocenters. The highest BCUT2D eigenvalue weighted by molar-refractivity contribution is 6.02. The van der Waals surface area contributed by atoms with Crippen molar-refractivity contribution in [1.82, 2.24) is 0 Å². The summed E-state index contributed by atoms with van der Waals surface area (Å²) in [6, 6.07) is 27.9. The third-order valence-corrected chi connectivity index (χ3v) is 5.31. The molecule has 0 aliphatic carbocycles. The predicted molar refractivity (Wildman–Crippen MR) is 111 cm³/mol. The highest BCUT2D eigenvalue weighted by Gasteiger charge is 2.09. The van der Waals surface area contributed by atoms with Crippen LogP contribution in [0.1, 0.15) is 37.3 Å². The minimum absolute atomic E-state index is 0.553. The Balaban J connectivity index is 1.72. The van der Waals surface area contributed by atoms with Crippen molar-refractivity contribution in [3.8, 4) is 5.75 Å². The molecule has 1 heteroatoms. The van der Waals surface area contributed by atoms with Crippen LogP contribution in [0.15, 0.2) is 78.9 Å². The minimum Gasteiger partial charge on any atom is -0.489 e. The number of hydrogen-bond acceptors (Lipinski definition) is 1. The molecule has 26 heavy (non-hydrogen) atoms. The van der Waals surface area contributed by atoms with E-state index in [-0.39, 0.29) is 0 Å². The first-order valence-electron chi connectivity index (χ1n) is 9.38. The van der Waals surface area contributed by atoms with Gasteiger partial charge in [-0.1, -0.05) is 74.5 Å². The molecule has 4 aromatic rings. The molecule has 1 unspecified atom stereocenters. The van der Waals surface area contributed by atoms with E-state index in [1.54, 1.807) is 0 Å². The van der Waals surface area contributed by atoms with Crippen molar-refractivity contribution >= 4 is 21.5 Å². The lowest BCUT2D eigenvalue weighted by Crippen LogP contribution is -1.99. The maximum atomic E-state index is 6.24. The molecule has 0 N–H and O–H groups in total. The van der Waals surface area contributed by atoms with Crippen molar-refractivity contribution in [2.24, 2.45) is 0 Å². The molecule has 130 valence electrons. The van der Waals surface area contributed by atoms with Gasteiger partial charge in [-0.15, -0.1) is 0 Å². The van der Waals surface area contributed by atoms with Gasteiger partial charge in [0.15, 0.2) is 0 Å². The second-order valence-corrected chi connectivity index (χ2v) is 6.97. The van der Waals surface area contributed by atoms with Gasteiger partial charge in [0.1, 0.15) is 12.4 Å². The molecule has 0 heterocycles. The Bertz CT molecular complexity index is 994. The molecule has 0 fully saturated rings. The Kier molecular flexibility index (Phi) is 4.62. The summed E-state index contributed by atoms with van der Waals surface area (Å²) < 4.78 is 6.24. The molecular weight excluding hydrogens is 316 g/mol. The maximum absolute atomic E-state index is 6.24. The molecule has 1 nitrogen and oxygen atoms in total. The van der Waals surface area contributed by atoms with Crippen LogP contribution >= 0.6 is 0 Å².